The Kier molecular flexibility index (Phi) is 7.83. The second-order valence-corrected chi connectivity index (χ2v) is 3.94. The minimum Gasteiger partial charge on any atom is -0.385 e. The van der Waals surface area contributed by atoms with Crippen LogP contribution in [-0.4, -0.2) is 52.6 Å². The molecule has 0 saturated carbocycles. The average molecular weight is 216 g/mol. The number of ether oxygens (including phenoxy) is 2. The van der Waals surface area contributed by atoms with Gasteiger partial charge in [0.05, 0.1) is 6.61 Å². The van der Waals surface area contributed by atoms with E-state index in [9.17, 15) is 0 Å². The minimum atomic E-state index is 0.689. The van der Waals surface area contributed by atoms with Gasteiger partial charge in [-0.05, 0) is 32.4 Å². The maximum atomic E-state index is 5.47. The second kappa shape index (κ2) is 9.09. The van der Waals surface area contributed by atoms with Gasteiger partial charge in [0.2, 0.25) is 0 Å². The number of hydrogen-bond acceptors (Lipinski definition) is 4. The second-order valence-electron chi connectivity index (χ2n) is 3.94. The van der Waals surface area contributed by atoms with E-state index in [0.717, 1.165) is 45.9 Å². The Labute approximate surface area is 92.7 Å². The Morgan fingerprint density at radius 2 is 2.00 bits per heavy atom. The van der Waals surface area contributed by atoms with Gasteiger partial charge in [-0.2, -0.15) is 0 Å². The molecule has 0 aromatic carbocycles. The summed E-state index contributed by atoms with van der Waals surface area (Å²) >= 11 is 0. The van der Waals surface area contributed by atoms with Crippen LogP contribution in [-0.2, 0) is 9.47 Å². The van der Waals surface area contributed by atoms with Crippen LogP contribution in [0.3, 0.4) is 0 Å². The van der Waals surface area contributed by atoms with Gasteiger partial charge in [0, 0.05) is 32.9 Å². The summed E-state index contributed by atoms with van der Waals surface area (Å²) in [4.78, 5) is 0. The third-order valence-electron chi connectivity index (χ3n) is 2.66. The van der Waals surface area contributed by atoms with Crippen LogP contribution in [0.15, 0.2) is 0 Å². The molecule has 0 unspecified atom stereocenters. The third-order valence-corrected chi connectivity index (χ3v) is 2.66. The van der Waals surface area contributed by atoms with Crippen LogP contribution < -0.4 is 10.6 Å². The standard InChI is InChI=1S/C11H24N2O2/c1-14-8-2-9-15-10-7-13-11-3-5-12-6-4-11/h11-13H,2-10H2,1H3. The van der Waals surface area contributed by atoms with Crippen molar-refractivity contribution in [3.05, 3.63) is 0 Å². The van der Waals surface area contributed by atoms with Crippen LogP contribution in [0.2, 0.25) is 0 Å². The summed E-state index contributed by atoms with van der Waals surface area (Å²) in [5.41, 5.74) is 0. The van der Waals surface area contributed by atoms with E-state index >= 15 is 0 Å². The molecule has 1 saturated heterocycles. The van der Waals surface area contributed by atoms with Crippen molar-refractivity contribution in [3.8, 4) is 0 Å². The summed E-state index contributed by atoms with van der Waals surface area (Å²) in [5, 5.41) is 6.87. The lowest BCUT2D eigenvalue weighted by molar-refractivity contribution is 0.102. The van der Waals surface area contributed by atoms with E-state index in [0.29, 0.717) is 6.04 Å². The molecule has 15 heavy (non-hydrogen) atoms. The molecule has 1 fully saturated rings. The van der Waals surface area contributed by atoms with E-state index in [2.05, 4.69) is 10.6 Å². The highest BCUT2D eigenvalue weighted by Crippen LogP contribution is 2.00. The quantitative estimate of drug-likeness (QED) is 0.576. The number of nitrogens with one attached hydrogen (secondary N) is 2. The maximum Gasteiger partial charge on any atom is 0.0591 e. The zero-order valence-electron chi connectivity index (χ0n) is 9.76. The molecule has 1 aliphatic heterocycles. The monoisotopic (exact) mass is 216 g/mol. The van der Waals surface area contributed by atoms with Gasteiger partial charge in [0.15, 0.2) is 0 Å². The molecule has 0 aromatic heterocycles. The summed E-state index contributed by atoms with van der Waals surface area (Å²) in [6.07, 6.45) is 3.47. The molecular formula is C11H24N2O2. The predicted octanol–water partition coefficient (Wildman–Crippen LogP) is 0.381. The van der Waals surface area contributed by atoms with E-state index in [1.165, 1.54) is 12.8 Å². The number of piperidine rings is 1. The van der Waals surface area contributed by atoms with Gasteiger partial charge < -0.3 is 20.1 Å². The molecule has 0 spiro atoms. The Morgan fingerprint density at radius 3 is 2.73 bits per heavy atom. The van der Waals surface area contributed by atoms with Gasteiger partial charge in [0.1, 0.15) is 0 Å². The Morgan fingerprint density at radius 1 is 1.20 bits per heavy atom. The van der Waals surface area contributed by atoms with Crippen molar-refractivity contribution >= 4 is 0 Å². The summed E-state index contributed by atoms with van der Waals surface area (Å²) in [6.45, 7) is 5.67. The fraction of sp³-hybridized carbons (Fsp3) is 1.00. The zero-order valence-corrected chi connectivity index (χ0v) is 9.76. The van der Waals surface area contributed by atoms with Gasteiger partial charge in [0.25, 0.3) is 0 Å². The number of methoxy groups -OCH3 is 1. The van der Waals surface area contributed by atoms with Crippen molar-refractivity contribution < 1.29 is 9.47 Å². The minimum absolute atomic E-state index is 0.689. The molecule has 0 amide bonds. The SMILES string of the molecule is COCCCOCCNC1CCNCC1. The van der Waals surface area contributed by atoms with E-state index < -0.39 is 0 Å². The fourth-order valence-electron chi connectivity index (χ4n) is 1.77. The molecule has 1 rings (SSSR count). The van der Waals surface area contributed by atoms with Crippen LogP contribution in [0.5, 0.6) is 0 Å². The molecule has 4 nitrogen and oxygen atoms in total. The number of hydrogen-bond donors (Lipinski definition) is 2. The van der Waals surface area contributed by atoms with Crippen LogP contribution in [0.4, 0.5) is 0 Å². The third kappa shape index (κ3) is 6.84. The van der Waals surface area contributed by atoms with E-state index in [-0.39, 0.29) is 0 Å². The van der Waals surface area contributed by atoms with Gasteiger partial charge in [-0.1, -0.05) is 0 Å². The van der Waals surface area contributed by atoms with Crippen LogP contribution in [0, 0.1) is 0 Å². The highest BCUT2D eigenvalue weighted by molar-refractivity contribution is 4.73. The average Bonchev–Trinajstić information content (AvgIpc) is 2.29. The first kappa shape index (κ1) is 12.9. The lowest BCUT2D eigenvalue weighted by Crippen LogP contribution is -2.41. The van der Waals surface area contributed by atoms with Crippen molar-refractivity contribution in [2.45, 2.75) is 25.3 Å². The predicted molar refractivity (Wildman–Crippen MR) is 61.2 cm³/mol. The molecule has 4 heteroatoms. The lowest BCUT2D eigenvalue weighted by atomic mass is 10.1. The van der Waals surface area contributed by atoms with Crippen molar-refractivity contribution in [2.24, 2.45) is 0 Å². The van der Waals surface area contributed by atoms with Gasteiger partial charge >= 0.3 is 0 Å². The number of rotatable bonds is 8. The van der Waals surface area contributed by atoms with Crippen molar-refractivity contribution in [1.29, 1.82) is 0 Å². The van der Waals surface area contributed by atoms with Gasteiger partial charge in [-0.3, -0.25) is 0 Å². The summed E-state index contributed by atoms with van der Waals surface area (Å²) in [7, 11) is 1.72. The van der Waals surface area contributed by atoms with Gasteiger partial charge in [-0.25, -0.2) is 0 Å². The molecule has 2 N–H and O–H groups in total. The van der Waals surface area contributed by atoms with Crippen LogP contribution in [0.25, 0.3) is 0 Å². The molecule has 0 radical (unpaired) electrons. The Bertz CT molecular complexity index is 139. The summed E-state index contributed by atoms with van der Waals surface area (Å²) in [5.74, 6) is 0. The topological polar surface area (TPSA) is 42.5 Å². The Hall–Kier alpha value is -0.160. The van der Waals surface area contributed by atoms with E-state index in [4.69, 9.17) is 9.47 Å². The van der Waals surface area contributed by atoms with Crippen LogP contribution >= 0.6 is 0 Å². The molecule has 1 heterocycles. The largest absolute Gasteiger partial charge is 0.385 e. The summed E-state index contributed by atoms with van der Waals surface area (Å²) in [6, 6.07) is 0.689. The maximum absolute atomic E-state index is 5.47. The fourth-order valence-corrected chi connectivity index (χ4v) is 1.77. The Balaban J connectivity index is 1.79. The van der Waals surface area contributed by atoms with Crippen molar-refractivity contribution in [1.82, 2.24) is 10.6 Å². The first-order valence-electron chi connectivity index (χ1n) is 5.94. The normalized spacial score (nSPS) is 18.2. The first-order valence-corrected chi connectivity index (χ1v) is 5.94. The highest BCUT2D eigenvalue weighted by atomic mass is 16.5. The van der Waals surface area contributed by atoms with E-state index in [1.54, 1.807) is 7.11 Å². The molecule has 0 aliphatic carbocycles. The molecular weight excluding hydrogens is 192 g/mol. The highest BCUT2D eigenvalue weighted by Gasteiger charge is 2.10. The van der Waals surface area contributed by atoms with E-state index in [1.807, 2.05) is 0 Å². The molecule has 0 bridgehead atoms. The van der Waals surface area contributed by atoms with Crippen molar-refractivity contribution in [2.75, 3.05) is 46.6 Å². The lowest BCUT2D eigenvalue weighted by Gasteiger charge is -2.23. The molecule has 0 atom stereocenters. The molecule has 0 aromatic rings. The molecule has 90 valence electrons. The first-order chi connectivity index (χ1) is 7.43. The van der Waals surface area contributed by atoms with Crippen molar-refractivity contribution in [3.63, 3.8) is 0 Å². The smallest absolute Gasteiger partial charge is 0.0591 e. The molecule has 1 aliphatic rings. The summed E-state index contributed by atoms with van der Waals surface area (Å²) < 4.78 is 10.4. The zero-order chi connectivity index (χ0) is 10.8. The van der Waals surface area contributed by atoms with Gasteiger partial charge in [-0.15, -0.1) is 0 Å². The van der Waals surface area contributed by atoms with Crippen LogP contribution in [0.1, 0.15) is 19.3 Å².